The summed E-state index contributed by atoms with van der Waals surface area (Å²) < 4.78 is 1.82. The monoisotopic (exact) mass is 302 g/mol. The molecule has 2 aromatic rings. The molecule has 0 aliphatic carbocycles. The summed E-state index contributed by atoms with van der Waals surface area (Å²) >= 11 is 0. The third kappa shape index (κ3) is 2.70. The fraction of sp³-hybridized carbons (Fsp3) is 0.562. The van der Waals surface area contributed by atoms with Gasteiger partial charge in [-0.2, -0.15) is 0 Å². The van der Waals surface area contributed by atoms with Gasteiger partial charge in [0, 0.05) is 24.7 Å². The number of nitrogens with zero attached hydrogens (tertiary/aromatic N) is 4. The van der Waals surface area contributed by atoms with Crippen LogP contribution in [0.1, 0.15) is 49.3 Å². The number of carbonyl (C=O) groups is 1. The Hall–Kier alpha value is -1.95. The number of hydrogen-bond acceptors (Lipinski definition) is 4. The van der Waals surface area contributed by atoms with Gasteiger partial charge in [-0.05, 0) is 45.4 Å². The predicted molar refractivity (Wildman–Crippen MR) is 83.1 cm³/mol. The van der Waals surface area contributed by atoms with E-state index in [2.05, 4.69) is 28.9 Å². The summed E-state index contributed by atoms with van der Waals surface area (Å²) in [7, 11) is 0. The number of rotatable bonds is 4. The SMILES string of the molecule is CC(C)N1CCCCC1Cc1nnc2c(C(=O)O)cccn12. The molecule has 6 nitrogen and oxygen atoms in total. The van der Waals surface area contributed by atoms with E-state index in [1.807, 2.05) is 10.6 Å². The fourth-order valence-corrected chi connectivity index (χ4v) is 3.40. The number of pyridine rings is 1. The van der Waals surface area contributed by atoms with E-state index < -0.39 is 5.97 Å². The fourth-order valence-electron chi connectivity index (χ4n) is 3.40. The highest BCUT2D eigenvalue weighted by Gasteiger charge is 2.26. The van der Waals surface area contributed by atoms with Crippen LogP contribution in [0.15, 0.2) is 18.3 Å². The first-order valence-corrected chi connectivity index (χ1v) is 7.89. The minimum atomic E-state index is -0.967. The first-order chi connectivity index (χ1) is 10.6. The van der Waals surface area contributed by atoms with Crippen LogP contribution in [-0.2, 0) is 6.42 Å². The lowest BCUT2D eigenvalue weighted by Gasteiger charge is -2.38. The Morgan fingerprint density at radius 2 is 2.23 bits per heavy atom. The van der Waals surface area contributed by atoms with Gasteiger partial charge in [-0.3, -0.25) is 9.30 Å². The minimum absolute atomic E-state index is 0.200. The van der Waals surface area contributed by atoms with E-state index in [0.717, 1.165) is 25.2 Å². The Morgan fingerprint density at radius 1 is 1.41 bits per heavy atom. The molecule has 1 atom stereocenters. The van der Waals surface area contributed by atoms with Crippen molar-refractivity contribution in [3.8, 4) is 0 Å². The zero-order valence-electron chi connectivity index (χ0n) is 13.1. The van der Waals surface area contributed by atoms with Gasteiger partial charge in [-0.25, -0.2) is 4.79 Å². The van der Waals surface area contributed by atoms with E-state index in [-0.39, 0.29) is 5.56 Å². The van der Waals surface area contributed by atoms with Gasteiger partial charge in [0.1, 0.15) is 11.4 Å². The van der Waals surface area contributed by atoms with E-state index in [1.54, 1.807) is 12.1 Å². The van der Waals surface area contributed by atoms with E-state index in [9.17, 15) is 9.90 Å². The summed E-state index contributed by atoms with van der Waals surface area (Å²) in [4.78, 5) is 13.8. The zero-order valence-corrected chi connectivity index (χ0v) is 13.1. The van der Waals surface area contributed by atoms with Gasteiger partial charge in [0.15, 0.2) is 5.65 Å². The maximum absolute atomic E-state index is 11.3. The smallest absolute Gasteiger partial charge is 0.339 e. The van der Waals surface area contributed by atoms with E-state index in [4.69, 9.17) is 0 Å². The molecule has 0 amide bonds. The predicted octanol–water partition coefficient (Wildman–Crippen LogP) is 2.23. The van der Waals surface area contributed by atoms with Gasteiger partial charge >= 0.3 is 5.97 Å². The van der Waals surface area contributed by atoms with Crippen LogP contribution in [0.25, 0.3) is 5.65 Å². The van der Waals surface area contributed by atoms with Crippen LogP contribution in [0.4, 0.5) is 0 Å². The average molecular weight is 302 g/mol. The molecule has 1 saturated heterocycles. The first-order valence-electron chi connectivity index (χ1n) is 7.89. The summed E-state index contributed by atoms with van der Waals surface area (Å²) in [6.45, 7) is 5.57. The molecule has 1 N–H and O–H groups in total. The van der Waals surface area contributed by atoms with Crippen LogP contribution in [-0.4, -0.2) is 49.2 Å². The Morgan fingerprint density at radius 3 is 2.95 bits per heavy atom. The number of aromatic nitrogens is 3. The van der Waals surface area contributed by atoms with Crippen LogP contribution < -0.4 is 0 Å². The molecule has 0 radical (unpaired) electrons. The standard InChI is InChI=1S/C16H22N4O2/c1-11(2)19-8-4-3-6-12(19)10-14-17-18-15-13(16(21)22)7-5-9-20(14)15/h5,7,9,11-12H,3-4,6,8,10H2,1-2H3,(H,21,22). The Bertz CT molecular complexity index is 680. The number of carboxylic acids is 1. The van der Waals surface area contributed by atoms with Gasteiger partial charge in [0.2, 0.25) is 0 Å². The van der Waals surface area contributed by atoms with Crippen molar-refractivity contribution in [3.63, 3.8) is 0 Å². The molecular formula is C16H22N4O2. The van der Waals surface area contributed by atoms with Gasteiger partial charge < -0.3 is 5.11 Å². The average Bonchev–Trinajstić information content (AvgIpc) is 2.90. The molecule has 1 unspecified atom stereocenters. The summed E-state index contributed by atoms with van der Waals surface area (Å²) in [5.41, 5.74) is 0.627. The second-order valence-corrected chi connectivity index (χ2v) is 6.22. The highest BCUT2D eigenvalue weighted by molar-refractivity contribution is 5.94. The van der Waals surface area contributed by atoms with Crippen LogP contribution in [0.5, 0.6) is 0 Å². The second kappa shape index (κ2) is 6.04. The minimum Gasteiger partial charge on any atom is -0.478 e. The normalized spacial score (nSPS) is 19.9. The zero-order chi connectivity index (χ0) is 15.7. The van der Waals surface area contributed by atoms with Crippen LogP contribution in [0.3, 0.4) is 0 Å². The highest BCUT2D eigenvalue weighted by Crippen LogP contribution is 2.23. The van der Waals surface area contributed by atoms with Crippen molar-refractivity contribution in [2.75, 3.05) is 6.54 Å². The molecule has 0 bridgehead atoms. The molecule has 2 aromatic heterocycles. The van der Waals surface area contributed by atoms with E-state index in [0.29, 0.717) is 17.7 Å². The molecule has 3 rings (SSSR count). The number of fused-ring (bicyclic) bond motifs is 1. The maximum atomic E-state index is 11.3. The largest absolute Gasteiger partial charge is 0.478 e. The Labute approximate surface area is 129 Å². The topological polar surface area (TPSA) is 70.7 Å². The third-order valence-corrected chi connectivity index (χ3v) is 4.49. The summed E-state index contributed by atoms with van der Waals surface area (Å²) in [6, 6.07) is 4.27. The molecule has 118 valence electrons. The molecular weight excluding hydrogens is 280 g/mol. The third-order valence-electron chi connectivity index (χ3n) is 4.49. The number of carboxylic acid groups (broad SMARTS) is 1. The van der Waals surface area contributed by atoms with E-state index in [1.165, 1.54) is 12.8 Å². The van der Waals surface area contributed by atoms with Crippen molar-refractivity contribution < 1.29 is 9.90 Å². The molecule has 1 aliphatic rings. The molecule has 22 heavy (non-hydrogen) atoms. The number of aromatic carboxylic acids is 1. The van der Waals surface area contributed by atoms with Crippen LogP contribution in [0.2, 0.25) is 0 Å². The molecule has 0 aromatic carbocycles. The summed E-state index contributed by atoms with van der Waals surface area (Å²) in [6.07, 6.45) is 6.30. The van der Waals surface area contributed by atoms with Crippen LogP contribution >= 0.6 is 0 Å². The van der Waals surface area contributed by atoms with Crippen LogP contribution in [0, 0.1) is 0 Å². The maximum Gasteiger partial charge on any atom is 0.339 e. The van der Waals surface area contributed by atoms with Gasteiger partial charge in [-0.1, -0.05) is 6.42 Å². The first kappa shape index (κ1) is 15.0. The van der Waals surface area contributed by atoms with Gasteiger partial charge in [0.05, 0.1) is 0 Å². The van der Waals surface area contributed by atoms with Crippen molar-refractivity contribution >= 4 is 11.6 Å². The molecule has 1 aliphatic heterocycles. The van der Waals surface area contributed by atoms with E-state index >= 15 is 0 Å². The lowest BCUT2D eigenvalue weighted by atomic mass is 9.97. The van der Waals surface area contributed by atoms with Crippen molar-refractivity contribution in [3.05, 3.63) is 29.7 Å². The molecule has 3 heterocycles. The molecule has 0 spiro atoms. The lowest BCUT2D eigenvalue weighted by Crippen LogP contribution is -2.45. The number of likely N-dealkylation sites (tertiary alicyclic amines) is 1. The summed E-state index contributed by atoms with van der Waals surface area (Å²) in [5, 5.41) is 17.6. The lowest BCUT2D eigenvalue weighted by molar-refractivity contribution is 0.0698. The van der Waals surface area contributed by atoms with Crippen molar-refractivity contribution in [2.24, 2.45) is 0 Å². The molecule has 6 heteroatoms. The summed E-state index contributed by atoms with van der Waals surface area (Å²) in [5.74, 6) is -0.123. The highest BCUT2D eigenvalue weighted by atomic mass is 16.4. The quantitative estimate of drug-likeness (QED) is 0.938. The van der Waals surface area contributed by atoms with Gasteiger partial charge in [-0.15, -0.1) is 10.2 Å². The molecule has 1 fully saturated rings. The van der Waals surface area contributed by atoms with Crippen molar-refractivity contribution in [1.82, 2.24) is 19.5 Å². The number of hydrogen-bond donors (Lipinski definition) is 1. The Balaban J connectivity index is 1.91. The second-order valence-electron chi connectivity index (χ2n) is 6.22. The van der Waals surface area contributed by atoms with Crippen molar-refractivity contribution in [2.45, 2.75) is 51.6 Å². The van der Waals surface area contributed by atoms with Crippen molar-refractivity contribution in [1.29, 1.82) is 0 Å². The Kier molecular flexibility index (Phi) is 4.11. The van der Waals surface area contributed by atoms with Gasteiger partial charge in [0.25, 0.3) is 0 Å². The number of piperidine rings is 1. The molecule has 0 saturated carbocycles.